The van der Waals surface area contributed by atoms with E-state index in [2.05, 4.69) is 24.3 Å². The average molecular weight is 276 g/mol. The van der Waals surface area contributed by atoms with E-state index in [0.29, 0.717) is 12.0 Å². The van der Waals surface area contributed by atoms with Crippen LogP contribution >= 0.6 is 0 Å². The van der Waals surface area contributed by atoms with Crippen LogP contribution in [0.5, 0.6) is 0 Å². The van der Waals surface area contributed by atoms with E-state index in [1.54, 1.807) is 0 Å². The highest BCUT2D eigenvalue weighted by Gasteiger charge is 2.10. The van der Waals surface area contributed by atoms with Crippen molar-refractivity contribution in [3.8, 4) is 11.1 Å². The van der Waals surface area contributed by atoms with Gasteiger partial charge in [-0.25, -0.2) is 0 Å². The molecular formula is C19H16O2. The van der Waals surface area contributed by atoms with Crippen LogP contribution in [-0.4, -0.2) is 18.0 Å². The highest BCUT2D eigenvalue weighted by atomic mass is 16.2. The highest BCUT2D eigenvalue weighted by Crippen LogP contribution is 2.30. The average Bonchev–Trinajstić information content (AvgIpc) is 2.54. The van der Waals surface area contributed by atoms with Crippen molar-refractivity contribution in [1.29, 1.82) is 0 Å². The second-order valence-electron chi connectivity index (χ2n) is 5.03. The van der Waals surface area contributed by atoms with Crippen LogP contribution in [0.3, 0.4) is 0 Å². The molecule has 3 aromatic rings. The predicted molar refractivity (Wildman–Crippen MR) is 85.6 cm³/mol. The first kappa shape index (κ1) is 13.5. The molecule has 0 aliphatic heterocycles. The maximum Gasteiger partial charge on any atom is 0.150 e. The minimum absolute atomic E-state index is 0.0723. The van der Waals surface area contributed by atoms with Crippen molar-refractivity contribution in [2.24, 2.45) is 0 Å². The van der Waals surface area contributed by atoms with Crippen LogP contribution in [0.15, 0.2) is 60.7 Å². The summed E-state index contributed by atoms with van der Waals surface area (Å²) in [6.07, 6.45) is 1.43. The smallest absolute Gasteiger partial charge is 0.150 e. The van der Waals surface area contributed by atoms with E-state index in [1.165, 1.54) is 5.39 Å². The minimum Gasteiger partial charge on any atom is -0.396 e. The second-order valence-corrected chi connectivity index (χ2v) is 5.03. The third-order valence-electron chi connectivity index (χ3n) is 3.73. The third kappa shape index (κ3) is 2.58. The number of aliphatic hydroxyl groups excluding tert-OH is 1. The van der Waals surface area contributed by atoms with E-state index < -0.39 is 0 Å². The number of aldehydes is 1. The third-order valence-corrected chi connectivity index (χ3v) is 3.73. The zero-order chi connectivity index (χ0) is 14.7. The summed E-state index contributed by atoms with van der Waals surface area (Å²) in [5.74, 6) is 0. The Balaban J connectivity index is 2.23. The van der Waals surface area contributed by atoms with E-state index in [9.17, 15) is 9.90 Å². The van der Waals surface area contributed by atoms with Crippen molar-refractivity contribution in [2.75, 3.05) is 6.61 Å². The molecule has 3 aromatic carbocycles. The SMILES string of the molecule is O=Cc1cccc(CCO)c1-c1ccc2ccccc2c1. The number of carbonyl (C=O) groups excluding carboxylic acids is 1. The summed E-state index contributed by atoms with van der Waals surface area (Å²) < 4.78 is 0. The largest absolute Gasteiger partial charge is 0.396 e. The van der Waals surface area contributed by atoms with Crippen LogP contribution < -0.4 is 0 Å². The molecule has 0 saturated heterocycles. The van der Waals surface area contributed by atoms with Crippen LogP contribution in [0.4, 0.5) is 0 Å². The second kappa shape index (κ2) is 5.90. The van der Waals surface area contributed by atoms with Gasteiger partial charge < -0.3 is 5.11 Å². The van der Waals surface area contributed by atoms with Gasteiger partial charge in [-0.05, 0) is 39.9 Å². The van der Waals surface area contributed by atoms with Crippen molar-refractivity contribution in [2.45, 2.75) is 6.42 Å². The Kier molecular flexibility index (Phi) is 3.80. The summed E-state index contributed by atoms with van der Waals surface area (Å²) in [7, 11) is 0. The van der Waals surface area contributed by atoms with Gasteiger partial charge in [0, 0.05) is 12.2 Å². The Bertz CT molecular complexity index is 790. The molecule has 0 unspecified atom stereocenters. The number of fused-ring (bicyclic) bond motifs is 1. The topological polar surface area (TPSA) is 37.3 Å². The van der Waals surface area contributed by atoms with Crippen molar-refractivity contribution in [1.82, 2.24) is 0 Å². The zero-order valence-corrected chi connectivity index (χ0v) is 11.6. The summed E-state index contributed by atoms with van der Waals surface area (Å²) >= 11 is 0. The van der Waals surface area contributed by atoms with Crippen molar-refractivity contribution < 1.29 is 9.90 Å². The predicted octanol–water partition coefficient (Wildman–Crippen LogP) is 3.85. The van der Waals surface area contributed by atoms with Gasteiger partial charge in [-0.15, -0.1) is 0 Å². The molecule has 0 spiro atoms. The molecule has 0 saturated carbocycles. The van der Waals surface area contributed by atoms with Gasteiger partial charge in [0.15, 0.2) is 6.29 Å². The Labute approximate surface area is 123 Å². The van der Waals surface area contributed by atoms with Crippen molar-refractivity contribution >= 4 is 17.1 Å². The van der Waals surface area contributed by atoms with Crippen LogP contribution in [0.25, 0.3) is 21.9 Å². The van der Waals surface area contributed by atoms with Gasteiger partial charge in [0.05, 0.1) is 0 Å². The molecule has 2 nitrogen and oxygen atoms in total. The Morgan fingerprint density at radius 1 is 0.905 bits per heavy atom. The molecule has 0 bridgehead atoms. The summed E-state index contributed by atoms with van der Waals surface area (Å²) in [4.78, 5) is 11.4. The van der Waals surface area contributed by atoms with E-state index in [1.807, 2.05) is 36.4 Å². The van der Waals surface area contributed by atoms with Crippen LogP contribution in [0.2, 0.25) is 0 Å². The summed E-state index contributed by atoms with van der Waals surface area (Å²) in [5.41, 5.74) is 3.60. The van der Waals surface area contributed by atoms with Gasteiger partial charge in [-0.2, -0.15) is 0 Å². The van der Waals surface area contributed by atoms with Crippen LogP contribution in [0.1, 0.15) is 15.9 Å². The monoisotopic (exact) mass is 276 g/mol. The Morgan fingerprint density at radius 3 is 2.48 bits per heavy atom. The van der Waals surface area contributed by atoms with Gasteiger partial charge in [0.2, 0.25) is 0 Å². The minimum atomic E-state index is 0.0723. The van der Waals surface area contributed by atoms with Gasteiger partial charge in [0.25, 0.3) is 0 Å². The van der Waals surface area contributed by atoms with E-state index in [-0.39, 0.29) is 6.61 Å². The summed E-state index contributed by atoms with van der Waals surface area (Å²) in [6.45, 7) is 0.0723. The fourth-order valence-electron chi connectivity index (χ4n) is 2.74. The number of hydrogen-bond donors (Lipinski definition) is 1. The number of rotatable bonds is 4. The first-order chi connectivity index (χ1) is 10.3. The molecule has 1 N–H and O–H groups in total. The maximum absolute atomic E-state index is 11.4. The Morgan fingerprint density at radius 2 is 1.71 bits per heavy atom. The van der Waals surface area contributed by atoms with Gasteiger partial charge >= 0.3 is 0 Å². The fraction of sp³-hybridized carbons (Fsp3) is 0.105. The molecule has 0 aliphatic rings. The molecule has 0 fully saturated rings. The standard InChI is InChI=1S/C19H16O2/c20-11-10-15-6-3-7-18(13-21)19(15)17-9-8-14-4-1-2-5-16(14)12-17/h1-9,12-13,20H,10-11H2. The quantitative estimate of drug-likeness (QED) is 0.735. The number of hydrogen-bond acceptors (Lipinski definition) is 2. The number of benzene rings is 3. The van der Waals surface area contributed by atoms with E-state index in [4.69, 9.17) is 0 Å². The lowest BCUT2D eigenvalue weighted by Crippen LogP contribution is -1.98. The van der Waals surface area contributed by atoms with Gasteiger partial charge in [-0.3, -0.25) is 4.79 Å². The molecule has 0 aromatic heterocycles. The zero-order valence-electron chi connectivity index (χ0n) is 11.6. The molecule has 0 amide bonds. The van der Waals surface area contributed by atoms with E-state index >= 15 is 0 Å². The lowest BCUT2D eigenvalue weighted by Gasteiger charge is -2.12. The molecular weight excluding hydrogens is 260 g/mol. The summed E-state index contributed by atoms with van der Waals surface area (Å²) in [6, 6.07) is 20.0. The maximum atomic E-state index is 11.4. The molecule has 0 atom stereocenters. The number of carbonyl (C=O) groups is 1. The van der Waals surface area contributed by atoms with Gasteiger partial charge in [0.1, 0.15) is 0 Å². The first-order valence-electron chi connectivity index (χ1n) is 7.00. The molecule has 2 heteroatoms. The van der Waals surface area contributed by atoms with Crippen LogP contribution in [-0.2, 0) is 6.42 Å². The molecule has 0 heterocycles. The highest BCUT2D eigenvalue weighted by molar-refractivity contribution is 5.93. The lowest BCUT2D eigenvalue weighted by atomic mass is 9.92. The number of aliphatic hydroxyl groups is 1. The van der Waals surface area contributed by atoms with Gasteiger partial charge in [-0.1, -0.05) is 54.6 Å². The molecule has 104 valence electrons. The Hall–Kier alpha value is -2.45. The molecule has 0 radical (unpaired) electrons. The van der Waals surface area contributed by atoms with Crippen molar-refractivity contribution in [3.63, 3.8) is 0 Å². The normalized spacial score (nSPS) is 10.7. The molecule has 0 aliphatic carbocycles. The molecule has 3 rings (SSSR count). The fourth-order valence-corrected chi connectivity index (χ4v) is 2.74. The first-order valence-corrected chi connectivity index (χ1v) is 7.00. The molecule has 21 heavy (non-hydrogen) atoms. The van der Waals surface area contributed by atoms with E-state index in [0.717, 1.165) is 28.4 Å². The van der Waals surface area contributed by atoms with Crippen molar-refractivity contribution in [3.05, 3.63) is 71.8 Å². The lowest BCUT2D eigenvalue weighted by molar-refractivity contribution is 0.112. The van der Waals surface area contributed by atoms with Crippen LogP contribution in [0, 0.1) is 0 Å². The summed E-state index contributed by atoms with van der Waals surface area (Å²) in [5, 5.41) is 11.6.